The fourth-order valence-electron chi connectivity index (χ4n) is 12.3. The zero-order valence-electron chi connectivity index (χ0n) is 38.1. The van der Waals surface area contributed by atoms with Crippen molar-refractivity contribution in [3.63, 3.8) is 0 Å². The summed E-state index contributed by atoms with van der Waals surface area (Å²) in [5.74, 6) is 0. The van der Waals surface area contributed by atoms with E-state index >= 15 is 0 Å². The summed E-state index contributed by atoms with van der Waals surface area (Å²) in [6.07, 6.45) is 0. The van der Waals surface area contributed by atoms with Gasteiger partial charge in [0.1, 0.15) is 11.2 Å². The lowest BCUT2D eigenvalue weighted by Crippen LogP contribution is -2.29. The van der Waals surface area contributed by atoms with E-state index in [-0.39, 0.29) is 0 Å². The van der Waals surface area contributed by atoms with Crippen LogP contribution in [0.25, 0.3) is 93.9 Å². The van der Waals surface area contributed by atoms with Crippen molar-refractivity contribution < 1.29 is 4.42 Å². The minimum Gasteiger partial charge on any atom is -0.456 e. The first kappa shape index (κ1) is 38.9. The van der Waals surface area contributed by atoms with Gasteiger partial charge >= 0.3 is 0 Å². The van der Waals surface area contributed by atoms with Gasteiger partial charge in [0.2, 0.25) is 0 Å². The molecule has 0 N–H and O–H groups in total. The molecule has 2 heterocycles. The Hall–Kier alpha value is -9.18. The quantitative estimate of drug-likeness (QED) is 0.172. The van der Waals surface area contributed by atoms with Crippen molar-refractivity contribution >= 4 is 60.8 Å². The second-order valence-corrected chi connectivity index (χ2v) is 18.7. The van der Waals surface area contributed by atoms with E-state index in [9.17, 15) is 0 Å². The standard InChI is InChI=1S/C67H42N2O/c1-3-17-43(18-4-1)44-31-33-46(34-32-44)68(48-36-38-64-57(40-48)53-25-11-15-29-63(53)69(64)45-19-5-2-6-20-45)47-35-37-61-55(39-47)50-22-8-7-21-49(50)51-23-9-13-27-59(51)67(61)60-28-14-10-24-52(60)56-42-66-58(41-62(56)67)54-26-12-16-30-65(54)70-66/h1-42H. The van der Waals surface area contributed by atoms with Gasteiger partial charge in [-0.15, -0.1) is 0 Å². The maximum atomic E-state index is 6.61. The van der Waals surface area contributed by atoms with Crippen LogP contribution in [0.5, 0.6) is 0 Å². The van der Waals surface area contributed by atoms with Crippen LogP contribution in [0, 0.1) is 0 Å². The first-order valence-corrected chi connectivity index (χ1v) is 24.2. The highest BCUT2D eigenvalue weighted by Crippen LogP contribution is 2.62. The molecule has 15 rings (SSSR count). The van der Waals surface area contributed by atoms with E-state index in [1.165, 1.54) is 88.6 Å². The molecule has 1 spiro atoms. The van der Waals surface area contributed by atoms with Crippen LogP contribution in [0.15, 0.2) is 259 Å². The number of rotatable bonds is 5. The van der Waals surface area contributed by atoms with Gasteiger partial charge in [0.25, 0.3) is 0 Å². The molecule has 70 heavy (non-hydrogen) atoms. The van der Waals surface area contributed by atoms with E-state index < -0.39 is 5.41 Å². The molecule has 2 aromatic heterocycles. The molecule has 0 amide bonds. The monoisotopic (exact) mass is 890 g/mol. The van der Waals surface area contributed by atoms with Crippen LogP contribution in [-0.4, -0.2) is 4.57 Å². The van der Waals surface area contributed by atoms with Crippen LogP contribution >= 0.6 is 0 Å². The summed E-state index contributed by atoms with van der Waals surface area (Å²) in [5, 5.41) is 4.68. The summed E-state index contributed by atoms with van der Waals surface area (Å²) in [5.41, 5.74) is 22.7. The Morgan fingerprint density at radius 3 is 1.60 bits per heavy atom. The van der Waals surface area contributed by atoms with Crippen molar-refractivity contribution in [2.45, 2.75) is 5.41 Å². The van der Waals surface area contributed by atoms with Gasteiger partial charge in [-0.2, -0.15) is 0 Å². The van der Waals surface area contributed by atoms with Gasteiger partial charge in [-0.3, -0.25) is 0 Å². The summed E-state index contributed by atoms with van der Waals surface area (Å²) in [6, 6.07) is 93.9. The second kappa shape index (κ2) is 14.9. The van der Waals surface area contributed by atoms with Crippen LogP contribution in [0.2, 0.25) is 0 Å². The van der Waals surface area contributed by atoms with Crippen LogP contribution < -0.4 is 4.90 Å². The Morgan fingerprint density at radius 2 is 0.829 bits per heavy atom. The molecule has 2 aliphatic rings. The molecule has 0 fully saturated rings. The molecule has 11 aromatic carbocycles. The third-order valence-electron chi connectivity index (χ3n) is 15.2. The van der Waals surface area contributed by atoms with E-state index in [4.69, 9.17) is 4.42 Å². The van der Waals surface area contributed by atoms with Crippen LogP contribution in [0.4, 0.5) is 17.1 Å². The summed E-state index contributed by atoms with van der Waals surface area (Å²) in [4.78, 5) is 2.45. The molecule has 0 aliphatic heterocycles. The largest absolute Gasteiger partial charge is 0.456 e. The SMILES string of the molecule is c1ccc(-c2ccc(N(c3ccc4c(c3)-c3ccccc3-c3ccccc3C43c4ccccc4-c4cc5oc6ccccc6c5cc43)c3ccc4c(c3)c3ccccc3n4-c3ccccc3)cc2)cc1. The van der Waals surface area contributed by atoms with Gasteiger partial charge in [0.15, 0.2) is 0 Å². The van der Waals surface area contributed by atoms with Crippen molar-refractivity contribution in [2.75, 3.05) is 4.90 Å². The average Bonchev–Trinajstić information content (AvgIpc) is 4.04. The van der Waals surface area contributed by atoms with Crippen molar-refractivity contribution in [2.24, 2.45) is 0 Å². The molecule has 3 heteroatoms. The zero-order valence-corrected chi connectivity index (χ0v) is 38.1. The number of aromatic nitrogens is 1. The predicted octanol–water partition coefficient (Wildman–Crippen LogP) is 17.8. The van der Waals surface area contributed by atoms with E-state index in [1.54, 1.807) is 0 Å². The van der Waals surface area contributed by atoms with E-state index in [2.05, 4.69) is 264 Å². The fraction of sp³-hybridized carbons (Fsp3) is 0.0149. The molecule has 0 saturated heterocycles. The van der Waals surface area contributed by atoms with Crippen molar-refractivity contribution in [1.29, 1.82) is 0 Å². The number of anilines is 3. The molecule has 1 unspecified atom stereocenters. The number of nitrogens with zero attached hydrogens (tertiary/aromatic N) is 2. The van der Waals surface area contributed by atoms with E-state index in [0.717, 1.165) is 44.7 Å². The zero-order chi connectivity index (χ0) is 45.9. The number of furan rings is 1. The average molecular weight is 891 g/mol. The van der Waals surface area contributed by atoms with Gasteiger partial charge in [0, 0.05) is 44.3 Å². The smallest absolute Gasteiger partial charge is 0.136 e. The first-order valence-electron chi connectivity index (χ1n) is 24.2. The first-order chi connectivity index (χ1) is 34.7. The summed E-state index contributed by atoms with van der Waals surface area (Å²) >= 11 is 0. The number of para-hydroxylation sites is 3. The fourth-order valence-corrected chi connectivity index (χ4v) is 12.3. The van der Waals surface area contributed by atoms with E-state index in [1.807, 2.05) is 0 Å². The Morgan fingerprint density at radius 1 is 0.300 bits per heavy atom. The third-order valence-corrected chi connectivity index (χ3v) is 15.2. The molecule has 13 aromatic rings. The van der Waals surface area contributed by atoms with Crippen molar-refractivity contribution in [3.8, 4) is 50.2 Å². The van der Waals surface area contributed by atoms with Crippen LogP contribution in [0.3, 0.4) is 0 Å². The molecular weight excluding hydrogens is 849 g/mol. The molecule has 3 nitrogen and oxygen atoms in total. The van der Waals surface area contributed by atoms with Crippen LogP contribution in [-0.2, 0) is 5.41 Å². The third kappa shape index (κ3) is 5.46. The van der Waals surface area contributed by atoms with Gasteiger partial charge < -0.3 is 13.9 Å². The minimum atomic E-state index is -0.650. The topological polar surface area (TPSA) is 21.3 Å². The molecule has 0 saturated carbocycles. The Labute approximate surface area is 405 Å². The Balaban J connectivity index is 1.02. The number of hydrogen-bond acceptors (Lipinski definition) is 2. The van der Waals surface area contributed by atoms with Crippen LogP contribution in [0.1, 0.15) is 22.3 Å². The molecular formula is C67H42N2O. The molecule has 326 valence electrons. The summed E-state index contributed by atoms with van der Waals surface area (Å²) in [7, 11) is 0. The Kier molecular flexibility index (Phi) is 8.28. The lowest BCUT2D eigenvalue weighted by Gasteiger charge is -2.36. The van der Waals surface area contributed by atoms with E-state index in [0.29, 0.717) is 0 Å². The maximum absolute atomic E-state index is 6.61. The lowest BCUT2D eigenvalue weighted by atomic mass is 9.65. The molecule has 1 atom stereocenters. The number of benzene rings is 11. The van der Waals surface area contributed by atoms with Crippen molar-refractivity contribution in [1.82, 2.24) is 4.57 Å². The highest BCUT2D eigenvalue weighted by molar-refractivity contribution is 6.12. The van der Waals surface area contributed by atoms with Gasteiger partial charge in [-0.05, 0) is 146 Å². The maximum Gasteiger partial charge on any atom is 0.136 e. The number of fused-ring (bicyclic) bond motifs is 18. The molecule has 2 aliphatic carbocycles. The predicted molar refractivity (Wildman–Crippen MR) is 290 cm³/mol. The highest BCUT2D eigenvalue weighted by atomic mass is 16.3. The van der Waals surface area contributed by atoms with Crippen molar-refractivity contribution in [3.05, 3.63) is 277 Å². The summed E-state index contributed by atoms with van der Waals surface area (Å²) in [6.45, 7) is 0. The van der Waals surface area contributed by atoms with Gasteiger partial charge in [0.05, 0.1) is 16.4 Å². The lowest BCUT2D eigenvalue weighted by molar-refractivity contribution is 0.668. The normalized spacial score (nSPS) is 14.3. The van der Waals surface area contributed by atoms with Gasteiger partial charge in [-0.25, -0.2) is 0 Å². The second-order valence-electron chi connectivity index (χ2n) is 18.7. The Bertz CT molecular complexity index is 4240. The number of hydrogen-bond donors (Lipinski definition) is 0. The highest BCUT2D eigenvalue weighted by Gasteiger charge is 2.50. The minimum absolute atomic E-state index is 0.650. The summed E-state index contributed by atoms with van der Waals surface area (Å²) < 4.78 is 9.00. The molecule has 0 radical (unpaired) electrons. The molecule has 0 bridgehead atoms. The van der Waals surface area contributed by atoms with Gasteiger partial charge in [-0.1, -0.05) is 176 Å².